The maximum atomic E-state index is 4.54. The quantitative estimate of drug-likeness (QED) is 0.237. The van der Waals surface area contributed by atoms with Gasteiger partial charge in [-0.05, 0) is 0 Å². The second-order valence-electron chi connectivity index (χ2n) is 7.62. The first-order valence-corrected chi connectivity index (χ1v) is 15.1. The first-order chi connectivity index (χ1) is 12.6. The number of unbranched alkanes of at least 4 members (excludes halogenated alkanes) is 6. The van der Waals surface area contributed by atoms with Gasteiger partial charge in [0.25, 0.3) is 0 Å². The van der Waals surface area contributed by atoms with Crippen LogP contribution in [0.5, 0.6) is 0 Å². The van der Waals surface area contributed by atoms with Gasteiger partial charge in [-0.2, -0.15) is 0 Å². The van der Waals surface area contributed by atoms with Crippen LogP contribution >= 0.6 is 20.8 Å². The molecule has 144 valence electrons. The summed E-state index contributed by atoms with van der Waals surface area (Å²) < 4.78 is 0. The van der Waals surface area contributed by atoms with Gasteiger partial charge in [-0.25, -0.2) is 0 Å². The summed E-state index contributed by atoms with van der Waals surface area (Å²) in [5, 5.41) is 0.740. The third-order valence-corrected chi connectivity index (χ3v) is 15.7. The van der Waals surface area contributed by atoms with Crippen molar-refractivity contribution in [3.8, 4) is 0 Å². The van der Waals surface area contributed by atoms with Gasteiger partial charge in [-0.1, -0.05) is 0 Å². The molecule has 0 fully saturated rings. The molecule has 0 radical (unpaired) electrons. The molecule has 0 atom stereocenters. The molecule has 2 rings (SSSR count). The molecule has 0 unspecified atom stereocenters. The fourth-order valence-electron chi connectivity index (χ4n) is 4.05. The van der Waals surface area contributed by atoms with E-state index in [2.05, 4.69) is 90.0 Å². The molecular weight excluding hydrogens is 399 g/mol. The Kier molecular flexibility index (Phi) is 8.85. The Bertz CT molecular complexity index is 568. The van der Waals surface area contributed by atoms with Gasteiger partial charge in [0.15, 0.2) is 0 Å². The van der Waals surface area contributed by atoms with Crippen LogP contribution in [-0.2, 0) is 0 Å². The van der Waals surface area contributed by atoms with Gasteiger partial charge in [0.2, 0.25) is 0 Å². The van der Waals surface area contributed by atoms with E-state index in [0.717, 1.165) is 0 Å². The normalized spacial score (nSPS) is 13.3. The summed E-state index contributed by atoms with van der Waals surface area (Å²) in [4.78, 5) is 0. The molecule has 0 aliphatic heterocycles. The fraction of sp³-hybridized carbons (Fsp3) is 0.500. The van der Waals surface area contributed by atoms with Gasteiger partial charge < -0.3 is 0 Å². The van der Waals surface area contributed by atoms with E-state index in [4.69, 9.17) is 0 Å². The van der Waals surface area contributed by atoms with Crippen molar-refractivity contribution in [1.29, 1.82) is 0 Å². The van der Waals surface area contributed by atoms with Crippen LogP contribution in [-0.4, -0.2) is 12.3 Å². The first kappa shape index (κ1) is 21.6. The van der Waals surface area contributed by atoms with Crippen LogP contribution in [0.3, 0.4) is 0 Å². The standard InChI is InChI=1S/C24H36BrP/c1-3-5-7-15-21-26(25,22-16-8-6-4-2,23-17-11-9-12-18-23)24-19-13-10-14-20-24/h9-14,17-20H,3-8,15-16,21-22H2,1-2H3. The van der Waals surface area contributed by atoms with Crippen molar-refractivity contribution in [2.24, 2.45) is 0 Å². The van der Waals surface area contributed by atoms with Crippen LogP contribution in [0.2, 0.25) is 0 Å². The summed E-state index contributed by atoms with van der Waals surface area (Å²) in [6.07, 6.45) is 13.2. The van der Waals surface area contributed by atoms with Gasteiger partial charge >= 0.3 is 170 Å². The minimum absolute atomic E-state index is 1.28. The molecule has 2 aromatic rings. The van der Waals surface area contributed by atoms with Crippen molar-refractivity contribution < 1.29 is 0 Å². The van der Waals surface area contributed by atoms with E-state index in [1.54, 1.807) is 0 Å². The molecular formula is C24H36BrP. The fourth-order valence-corrected chi connectivity index (χ4v) is 12.0. The second kappa shape index (κ2) is 10.6. The van der Waals surface area contributed by atoms with Crippen molar-refractivity contribution >= 4 is 31.4 Å². The molecule has 0 nitrogen and oxygen atoms in total. The molecule has 0 aliphatic rings. The molecule has 26 heavy (non-hydrogen) atoms. The van der Waals surface area contributed by atoms with Gasteiger partial charge in [-0.3, -0.25) is 0 Å². The molecule has 2 aromatic carbocycles. The van der Waals surface area contributed by atoms with E-state index < -0.39 is 5.31 Å². The van der Waals surface area contributed by atoms with Gasteiger partial charge in [0.1, 0.15) is 0 Å². The van der Waals surface area contributed by atoms with E-state index in [9.17, 15) is 0 Å². The second-order valence-corrected chi connectivity index (χ2v) is 17.4. The Hall–Kier alpha value is -0.650. The number of rotatable bonds is 12. The zero-order valence-corrected chi connectivity index (χ0v) is 19.2. The Balaban J connectivity index is 2.44. The van der Waals surface area contributed by atoms with Crippen LogP contribution in [0.1, 0.15) is 65.2 Å². The summed E-state index contributed by atoms with van der Waals surface area (Å²) in [5.41, 5.74) is 0. The molecule has 0 saturated heterocycles. The third kappa shape index (κ3) is 5.20. The van der Waals surface area contributed by atoms with Crippen molar-refractivity contribution in [2.45, 2.75) is 65.2 Å². The van der Waals surface area contributed by atoms with E-state index in [1.807, 2.05) is 0 Å². The predicted octanol–water partition coefficient (Wildman–Crippen LogP) is 7.66. The van der Waals surface area contributed by atoms with E-state index >= 15 is 0 Å². The number of hydrogen-bond donors (Lipinski definition) is 0. The third-order valence-electron chi connectivity index (χ3n) is 5.65. The average molecular weight is 435 g/mol. The van der Waals surface area contributed by atoms with Crippen LogP contribution in [0.25, 0.3) is 0 Å². The molecule has 2 heteroatoms. The van der Waals surface area contributed by atoms with E-state index in [0.29, 0.717) is 0 Å². The molecule has 0 saturated carbocycles. The van der Waals surface area contributed by atoms with Crippen LogP contribution < -0.4 is 10.6 Å². The van der Waals surface area contributed by atoms with E-state index in [-0.39, 0.29) is 0 Å². The Morgan fingerprint density at radius 1 is 0.577 bits per heavy atom. The Morgan fingerprint density at radius 2 is 0.962 bits per heavy atom. The van der Waals surface area contributed by atoms with Crippen molar-refractivity contribution in [2.75, 3.05) is 12.3 Å². The summed E-state index contributed by atoms with van der Waals surface area (Å²) in [5.74, 6) is 0. The van der Waals surface area contributed by atoms with Crippen molar-refractivity contribution in [1.82, 2.24) is 0 Å². The number of hydrogen-bond acceptors (Lipinski definition) is 0. The topological polar surface area (TPSA) is 0 Å². The SMILES string of the molecule is CCCCCCP(Br)(CCCCCC)(c1ccccc1)c1ccccc1. The number of halogens is 1. The zero-order valence-electron chi connectivity index (χ0n) is 16.7. The van der Waals surface area contributed by atoms with Crippen LogP contribution in [0.4, 0.5) is 0 Å². The predicted molar refractivity (Wildman–Crippen MR) is 126 cm³/mol. The van der Waals surface area contributed by atoms with Crippen molar-refractivity contribution in [3.05, 3.63) is 60.7 Å². The summed E-state index contributed by atoms with van der Waals surface area (Å²) in [7, 11) is 0. The van der Waals surface area contributed by atoms with Gasteiger partial charge in [0.05, 0.1) is 0 Å². The molecule has 0 bridgehead atoms. The molecule has 0 heterocycles. The van der Waals surface area contributed by atoms with Gasteiger partial charge in [-0.15, -0.1) is 0 Å². The number of benzene rings is 2. The Morgan fingerprint density at radius 3 is 1.31 bits per heavy atom. The average Bonchev–Trinajstić information content (AvgIpc) is 2.70. The summed E-state index contributed by atoms with van der Waals surface area (Å²) in [6.45, 7) is 4.60. The molecule has 0 aromatic heterocycles. The monoisotopic (exact) mass is 434 g/mol. The Labute approximate surface area is 169 Å². The molecule has 0 spiro atoms. The molecule has 0 amide bonds. The van der Waals surface area contributed by atoms with Crippen molar-refractivity contribution in [3.63, 3.8) is 0 Å². The van der Waals surface area contributed by atoms with E-state index in [1.165, 1.54) is 74.3 Å². The zero-order chi connectivity index (χ0) is 18.7. The maximum absolute atomic E-state index is 4.54. The van der Waals surface area contributed by atoms with Crippen LogP contribution in [0, 0.1) is 0 Å². The first-order valence-electron chi connectivity index (χ1n) is 10.5. The molecule has 0 aliphatic carbocycles. The molecule has 0 N–H and O–H groups in total. The summed E-state index contributed by atoms with van der Waals surface area (Å²) in [6, 6.07) is 22.7. The van der Waals surface area contributed by atoms with Gasteiger partial charge in [0, 0.05) is 0 Å². The summed E-state index contributed by atoms with van der Waals surface area (Å²) >= 11 is 4.54. The van der Waals surface area contributed by atoms with Crippen LogP contribution in [0.15, 0.2) is 60.7 Å². The minimum atomic E-state index is -2.34.